The van der Waals surface area contributed by atoms with Gasteiger partial charge in [-0.05, 0) is 18.6 Å². The van der Waals surface area contributed by atoms with E-state index in [9.17, 15) is 4.39 Å². The second-order valence-electron chi connectivity index (χ2n) is 3.90. The van der Waals surface area contributed by atoms with Gasteiger partial charge in [-0.25, -0.2) is 4.39 Å². The fourth-order valence-electron chi connectivity index (χ4n) is 1.46. The molecule has 0 radical (unpaired) electrons. The van der Waals surface area contributed by atoms with Crippen molar-refractivity contribution in [2.24, 2.45) is 0 Å². The molecule has 2 rings (SSSR count). The van der Waals surface area contributed by atoms with Crippen molar-refractivity contribution in [3.05, 3.63) is 48.1 Å². The molecule has 1 aromatic carbocycles. The summed E-state index contributed by atoms with van der Waals surface area (Å²) in [6.07, 6.45) is 1.74. The first-order valence-corrected chi connectivity index (χ1v) is 5.61. The average Bonchev–Trinajstić information content (AvgIpc) is 2.82. The number of benzene rings is 1. The van der Waals surface area contributed by atoms with E-state index in [1.807, 2.05) is 0 Å². The first-order chi connectivity index (χ1) is 8.70. The van der Waals surface area contributed by atoms with Crippen LogP contribution in [-0.4, -0.2) is 16.7 Å². The summed E-state index contributed by atoms with van der Waals surface area (Å²) in [6, 6.07) is 4.86. The Morgan fingerprint density at radius 1 is 1.50 bits per heavy atom. The van der Waals surface area contributed by atoms with Crippen LogP contribution in [0.4, 0.5) is 4.39 Å². The molecular weight excluding hydrogens is 233 g/mol. The summed E-state index contributed by atoms with van der Waals surface area (Å²) in [5.41, 5.74) is 1.20. The maximum Gasteiger partial charge on any atom is 0.240 e. The molecule has 1 heterocycles. The predicted octanol–water partition coefficient (Wildman–Crippen LogP) is 2.46. The van der Waals surface area contributed by atoms with Gasteiger partial charge >= 0.3 is 0 Å². The van der Waals surface area contributed by atoms with E-state index in [4.69, 9.17) is 4.52 Å². The Hall–Kier alpha value is -2.01. The molecule has 0 amide bonds. The van der Waals surface area contributed by atoms with Crippen LogP contribution in [0.5, 0.6) is 0 Å². The van der Waals surface area contributed by atoms with Gasteiger partial charge in [-0.3, -0.25) is 0 Å². The second kappa shape index (κ2) is 5.55. The maximum atomic E-state index is 13.4. The number of nitrogens with one attached hydrogen (secondary N) is 1. The molecule has 0 spiro atoms. The van der Waals surface area contributed by atoms with Gasteiger partial charge < -0.3 is 9.84 Å². The fraction of sp³-hybridized carbons (Fsp3) is 0.231. The number of hydrogen-bond donors (Lipinski definition) is 1. The minimum Gasteiger partial charge on any atom is -0.338 e. The largest absolute Gasteiger partial charge is 0.338 e. The topological polar surface area (TPSA) is 51.0 Å². The van der Waals surface area contributed by atoms with E-state index in [1.54, 1.807) is 25.1 Å². The molecule has 0 aliphatic rings. The molecular formula is C13H14FN3O. The molecule has 0 unspecified atom stereocenters. The second-order valence-corrected chi connectivity index (χ2v) is 3.90. The van der Waals surface area contributed by atoms with E-state index in [2.05, 4.69) is 22.0 Å². The highest BCUT2D eigenvalue weighted by Crippen LogP contribution is 2.18. The Labute approximate surface area is 105 Å². The quantitative estimate of drug-likeness (QED) is 0.651. The molecule has 0 atom stereocenters. The van der Waals surface area contributed by atoms with Crippen molar-refractivity contribution >= 4 is 0 Å². The van der Waals surface area contributed by atoms with E-state index < -0.39 is 0 Å². The van der Waals surface area contributed by atoms with Crippen molar-refractivity contribution in [1.82, 2.24) is 15.5 Å². The van der Waals surface area contributed by atoms with Gasteiger partial charge in [-0.15, -0.1) is 6.58 Å². The van der Waals surface area contributed by atoms with Gasteiger partial charge in [-0.1, -0.05) is 23.4 Å². The summed E-state index contributed by atoms with van der Waals surface area (Å²) in [7, 11) is 0. The summed E-state index contributed by atoms with van der Waals surface area (Å²) in [5, 5.41) is 6.87. The normalized spacial score (nSPS) is 10.6. The highest BCUT2D eigenvalue weighted by molar-refractivity contribution is 5.54. The van der Waals surface area contributed by atoms with Crippen molar-refractivity contribution < 1.29 is 8.91 Å². The van der Waals surface area contributed by atoms with Crippen LogP contribution in [0.1, 0.15) is 11.5 Å². The van der Waals surface area contributed by atoms with Crippen molar-refractivity contribution in [3.63, 3.8) is 0 Å². The molecule has 0 bridgehead atoms. The lowest BCUT2D eigenvalue weighted by Crippen LogP contribution is -2.12. The minimum absolute atomic E-state index is 0.274. The van der Waals surface area contributed by atoms with Gasteiger partial charge in [0.2, 0.25) is 11.7 Å². The zero-order valence-electron chi connectivity index (χ0n) is 10.1. The zero-order valence-corrected chi connectivity index (χ0v) is 10.1. The van der Waals surface area contributed by atoms with Crippen LogP contribution in [0.15, 0.2) is 35.4 Å². The van der Waals surface area contributed by atoms with Crippen LogP contribution in [0.3, 0.4) is 0 Å². The van der Waals surface area contributed by atoms with E-state index in [0.29, 0.717) is 35.9 Å². The fourth-order valence-corrected chi connectivity index (χ4v) is 1.46. The van der Waals surface area contributed by atoms with E-state index in [0.717, 1.165) is 0 Å². The number of aromatic nitrogens is 2. The summed E-state index contributed by atoms with van der Waals surface area (Å²) >= 11 is 0. The van der Waals surface area contributed by atoms with Crippen LogP contribution >= 0.6 is 0 Å². The van der Waals surface area contributed by atoms with Gasteiger partial charge in [0.25, 0.3) is 0 Å². The van der Waals surface area contributed by atoms with E-state index in [1.165, 1.54) is 6.07 Å². The molecule has 5 heteroatoms. The highest BCUT2D eigenvalue weighted by atomic mass is 19.1. The van der Waals surface area contributed by atoms with Gasteiger partial charge in [0.05, 0.1) is 6.54 Å². The van der Waals surface area contributed by atoms with Gasteiger partial charge in [0, 0.05) is 12.1 Å². The van der Waals surface area contributed by atoms with Crippen molar-refractivity contribution in [1.29, 1.82) is 0 Å². The number of aryl methyl sites for hydroxylation is 1. The Balaban J connectivity index is 2.13. The lowest BCUT2D eigenvalue weighted by atomic mass is 10.1. The molecule has 0 aliphatic carbocycles. The van der Waals surface area contributed by atoms with E-state index >= 15 is 0 Å². The Kier molecular flexibility index (Phi) is 3.84. The molecule has 0 fully saturated rings. The molecule has 0 saturated carbocycles. The first kappa shape index (κ1) is 12.4. The number of rotatable bonds is 5. The predicted molar refractivity (Wildman–Crippen MR) is 66.3 cm³/mol. The Morgan fingerprint density at radius 2 is 2.33 bits per heavy atom. The molecule has 4 nitrogen and oxygen atoms in total. The average molecular weight is 247 g/mol. The number of halogens is 1. The molecule has 2 aromatic rings. The summed E-state index contributed by atoms with van der Waals surface area (Å²) < 4.78 is 18.5. The van der Waals surface area contributed by atoms with Crippen molar-refractivity contribution in [2.45, 2.75) is 13.5 Å². The molecule has 1 N–H and O–H groups in total. The summed E-state index contributed by atoms with van der Waals surface area (Å²) in [4.78, 5) is 4.18. The Morgan fingerprint density at radius 3 is 3.06 bits per heavy atom. The van der Waals surface area contributed by atoms with Crippen LogP contribution < -0.4 is 5.32 Å². The smallest absolute Gasteiger partial charge is 0.240 e. The monoisotopic (exact) mass is 247 g/mol. The van der Waals surface area contributed by atoms with Crippen LogP contribution in [-0.2, 0) is 6.54 Å². The van der Waals surface area contributed by atoms with Crippen molar-refractivity contribution in [2.75, 3.05) is 6.54 Å². The van der Waals surface area contributed by atoms with E-state index in [-0.39, 0.29) is 5.82 Å². The number of hydrogen-bond acceptors (Lipinski definition) is 4. The van der Waals surface area contributed by atoms with Crippen LogP contribution in [0.25, 0.3) is 11.4 Å². The summed E-state index contributed by atoms with van der Waals surface area (Å²) in [6.45, 7) is 6.43. The van der Waals surface area contributed by atoms with Gasteiger partial charge in [0.1, 0.15) is 5.82 Å². The highest BCUT2D eigenvalue weighted by Gasteiger charge is 2.09. The Bertz CT molecular complexity index is 551. The molecule has 1 aromatic heterocycles. The molecule has 18 heavy (non-hydrogen) atoms. The van der Waals surface area contributed by atoms with Gasteiger partial charge in [-0.2, -0.15) is 4.98 Å². The third-order valence-corrected chi connectivity index (χ3v) is 2.46. The minimum atomic E-state index is -0.274. The van der Waals surface area contributed by atoms with Crippen LogP contribution in [0.2, 0.25) is 0 Å². The summed E-state index contributed by atoms with van der Waals surface area (Å²) in [5.74, 6) is 0.584. The van der Waals surface area contributed by atoms with Crippen molar-refractivity contribution in [3.8, 4) is 11.4 Å². The standard InChI is InChI=1S/C13H14FN3O/c1-3-6-15-8-12-16-13(17-18-12)10-5-4-9(2)11(14)7-10/h3-5,7,15H,1,6,8H2,2H3. The van der Waals surface area contributed by atoms with Crippen LogP contribution in [0, 0.1) is 12.7 Å². The molecule has 0 saturated heterocycles. The third-order valence-electron chi connectivity index (χ3n) is 2.46. The zero-order chi connectivity index (χ0) is 13.0. The molecule has 94 valence electrons. The lowest BCUT2D eigenvalue weighted by Gasteiger charge is -1.97. The molecule has 0 aliphatic heterocycles. The number of nitrogens with zero attached hydrogens (tertiary/aromatic N) is 2. The first-order valence-electron chi connectivity index (χ1n) is 5.61. The lowest BCUT2D eigenvalue weighted by molar-refractivity contribution is 0.370. The van der Waals surface area contributed by atoms with Gasteiger partial charge in [0.15, 0.2) is 0 Å². The SMILES string of the molecule is C=CCNCc1nc(-c2ccc(C)c(F)c2)no1. The third kappa shape index (κ3) is 2.81. The maximum absolute atomic E-state index is 13.4.